The van der Waals surface area contributed by atoms with Crippen molar-refractivity contribution in [3.63, 3.8) is 0 Å². The first-order valence-corrected chi connectivity index (χ1v) is 17.1. The lowest BCUT2D eigenvalue weighted by atomic mass is 9.85. The lowest BCUT2D eigenvalue weighted by Gasteiger charge is -2.38. The first kappa shape index (κ1) is 34.2. The van der Waals surface area contributed by atoms with Crippen molar-refractivity contribution in [3.8, 4) is 0 Å². The van der Waals surface area contributed by atoms with E-state index in [-0.39, 0.29) is 35.2 Å². The second-order valence-corrected chi connectivity index (χ2v) is 16.6. The molecule has 12 heteroatoms. The van der Waals surface area contributed by atoms with E-state index < -0.39 is 65.1 Å². The maximum atomic E-state index is 14.3. The molecule has 5 aliphatic rings. The van der Waals surface area contributed by atoms with Gasteiger partial charge in [0.05, 0.1) is 6.04 Å². The maximum absolute atomic E-state index is 14.3. The van der Waals surface area contributed by atoms with Crippen molar-refractivity contribution in [1.82, 2.24) is 20.9 Å². The molecule has 0 aromatic rings. The van der Waals surface area contributed by atoms with E-state index in [0.717, 1.165) is 38.5 Å². The van der Waals surface area contributed by atoms with Gasteiger partial charge >= 0.3 is 12.0 Å². The van der Waals surface area contributed by atoms with Crippen LogP contribution < -0.4 is 21.7 Å². The minimum absolute atomic E-state index is 0.0707. The lowest BCUT2D eigenvalue weighted by Crippen LogP contribution is -2.62. The van der Waals surface area contributed by atoms with Gasteiger partial charge in [0.15, 0.2) is 0 Å². The number of amides is 5. The predicted molar refractivity (Wildman–Crippen MR) is 169 cm³/mol. The Bertz CT molecular complexity index is 1250. The molecule has 1 unspecified atom stereocenters. The largest absolute Gasteiger partial charge is 0.460 e. The number of nitrogens with zero attached hydrogens (tertiary/aromatic N) is 1. The van der Waals surface area contributed by atoms with Gasteiger partial charge in [0, 0.05) is 6.54 Å². The third-order valence-corrected chi connectivity index (χ3v) is 10.9. The summed E-state index contributed by atoms with van der Waals surface area (Å²) in [6, 6.07) is -4.48. The highest BCUT2D eigenvalue weighted by Crippen LogP contribution is 2.65. The summed E-state index contributed by atoms with van der Waals surface area (Å²) >= 11 is 0. The quantitative estimate of drug-likeness (QED) is 0.166. The van der Waals surface area contributed by atoms with Crippen LogP contribution in [0.2, 0.25) is 0 Å². The molecule has 4 saturated carbocycles. The van der Waals surface area contributed by atoms with E-state index in [1.165, 1.54) is 4.90 Å². The molecular weight excluding hydrogens is 590 g/mol. The number of esters is 1. The Morgan fingerprint density at radius 1 is 0.913 bits per heavy atom. The van der Waals surface area contributed by atoms with Crippen LogP contribution in [0.15, 0.2) is 0 Å². The molecule has 0 aromatic carbocycles. The van der Waals surface area contributed by atoms with Gasteiger partial charge in [0.25, 0.3) is 5.91 Å². The molecule has 46 heavy (non-hydrogen) atoms. The van der Waals surface area contributed by atoms with E-state index in [9.17, 15) is 28.8 Å². The van der Waals surface area contributed by atoms with Crippen molar-refractivity contribution in [1.29, 1.82) is 0 Å². The molecule has 1 heterocycles. The SMILES string of the molecule is CC(C)[C@H](NC(=O)N[C@H](C(=O)N1C[C@H]2[C@@H]([C@H]1C(=O)NC(CC1CC1)C(=O)C(N)=O)C2(C)C)C(C)(C)C)C(=O)OC(C1CC1)C1CC1. The van der Waals surface area contributed by atoms with Gasteiger partial charge in [0.1, 0.15) is 24.2 Å². The van der Waals surface area contributed by atoms with E-state index in [4.69, 9.17) is 10.5 Å². The number of fused-ring (bicyclic) bond motifs is 1. The fraction of sp³-hybridized carbons (Fsp3) is 0.824. The lowest BCUT2D eigenvalue weighted by molar-refractivity contribution is -0.155. The number of carbonyl (C=O) groups is 6. The van der Waals surface area contributed by atoms with Gasteiger partial charge in [-0.1, -0.05) is 61.3 Å². The van der Waals surface area contributed by atoms with Crippen molar-refractivity contribution in [2.45, 2.75) is 124 Å². The molecule has 5 amide bonds. The highest BCUT2D eigenvalue weighted by Gasteiger charge is 2.70. The normalized spacial score (nSPS) is 26.9. The molecule has 0 bridgehead atoms. The number of Topliss-reactive ketones (excluding diaryl/α,β-unsaturated/α-hetero) is 1. The van der Waals surface area contributed by atoms with Gasteiger partial charge in [-0.25, -0.2) is 9.59 Å². The number of nitrogens with one attached hydrogen (secondary N) is 3. The zero-order valence-corrected chi connectivity index (χ0v) is 28.4. The zero-order chi connectivity index (χ0) is 33.9. The topological polar surface area (TPSA) is 177 Å². The Morgan fingerprint density at radius 2 is 1.50 bits per heavy atom. The van der Waals surface area contributed by atoms with Crippen LogP contribution in [0, 0.1) is 46.3 Å². The number of hydrogen-bond donors (Lipinski definition) is 4. The maximum Gasteiger partial charge on any atom is 0.329 e. The van der Waals surface area contributed by atoms with Gasteiger partial charge in [-0.3, -0.25) is 19.2 Å². The van der Waals surface area contributed by atoms with Crippen molar-refractivity contribution in [3.05, 3.63) is 0 Å². The number of ether oxygens (including phenoxy) is 1. The molecule has 1 saturated heterocycles. The summed E-state index contributed by atoms with van der Waals surface area (Å²) in [5.74, 6) is -2.57. The van der Waals surface area contributed by atoms with E-state index in [1.54, 1.807) is 0 Å². The standard InChI is InChI=1S/C34H53N5O7/c1-16(2)23(31(44)46-26(18-10-11-18)19-12-13-19)37-32(45)38-27(33(3,4)5)30(43)39-15-20-22(34(20,6)7)24(39)29(42)36-21(14-17-8-9-17)25(40)28(35)41/h16-24,26-27H,8-15H2,1-7H3,(H2,35,41)(H,36,42)(H2,37,38,45)/t20-,21?,22-,23-,24-,27+/m0/s1. The third-order valence-electron chi connectivity index (χ3n) is 10.9. The number of likely N-dealkylation sites (tertiary alicyclic amines) is 1. The first-order chi connectivity index (χ1) is 21.4. The van der Waals surface area contributed by atoms with Crippen LogP contribution in [-0.2, 0) is 28.7 Å². The number of ketones is 1. The summed E-state index contributed by atoms with van der Waals surface area (Å²) in [5.41, 5.74) is 4.36. The molecular formula is C34H53N5O7. The average molecular weight is 644 g/mol. The fourth-order valence-corrected chi connectivity index (χ4v) is 7.42. The third kappa shape index (κ3) is 7.35. The molecule has 0 aromatic heterocycles. The van der Waals surface area contributed by atoms with Crippen LogP contribution in [0.3, 0.4) is 0 Å². The number of hydrogen-bond acceptors (Lipinski definition) is 7. The van der Waals surface area contributed by atoms with Crippen LogP contribution in [0.5, 0.6) is 0 Å². The Hall–Kier alpha value is -3.18. The summed E-state index contributed by atoms with van der Waals surface area (Å²) in [6.45, 7) is 13.6. The molecule has 4 aliphatic carbocycles. The van der Waals surface area contributed by atoms with Crippen LogP contribution in [0.1, 0.15) is 93.4 Å². The molecule has 5 rings (SSSR count). The van der Waals surface area contributed by atoms with E-state index >= 15 is 0 Å². The van der Waals surface area contributed by atoms with Crippen molar-refractivity contribution >= 4 is 35.5 Å². The van der Waals surface area contributed by atoms with Gasteiger partial charge < -0.3 is 31.3 Å². The summed E-state index contributed by atoms with van der Waals surface area (Å²) in [6.07, 6.45) is 6.30. The van der Waals surface area contributed by atoms with E-state index in [0.29, 0.717) is 24.8 Å². The molecule has 0 radical (unpaired) electrons. The van der Waals surface area contributed by atoms with Crippen molar-refractivity contribution in [2.24, 2.45) is 52.1 Å². The van der Waals surface area contributed by atoms with E-state index in [2.05, 4.69) is 29.8 Å². The molecule has 1 aliphatic heterocycles. The predicted octanol–water partition coefficient (Wildman–Crippen LogP) is 2.28. The van der Waals surface area contributed by atoms with Crippen LogP contribution in [0.4, 0.5) is 4.79 Å². The van der Waals surface area contributed by atoms with Crippen LogP contribution in [0.25, 0.3) is 0 Å². The van der Waals surface area contributed by atoms with Gasteiger partial charge in [-0.05, 0) is 78.4 Å². The molecule has 256 valence electrons. The zero-order valence-electron chi connectivity index (χ0n) is 28.4. The second kappa shape index (κ2) is 12.4. The second-order valence-electron chi connectivity index (χ2n) is 16.6. The number of piperidine rings is 1. The average Bonchev–Trinajstić information content (AvgIpc) is 3.75. The molecule has 6 atom stereocenters. The van der Waals surface area contributed by atoms with Crippen molar-refractivity contribution < 1.29 is 33.5 Å². The smallest absolute Gasteiger partial charge is 0.329 e. The summed E-state index contributed by atoms with van der Waals surface area (Å²) in [7, 11) is 0. The Morgan fingerprint density at radius 3 is 1.98 bits per heavy atom. The number of primary amides is 1. The van der Waals surface area contributed by atoms with E-state index in [1.807, 2.05) is 34.6 Å². The summed E-state index contributed by atoms with van der Waals surface area (Å²) in [5, 5.41) is 8.36. The summed E-state index contributed by atoms with van der Waals surface area (Å²) in [4.78, 5) is 80.7. The number of urea groups is 1. The monoisotopic (exact) mass is 643 g/mol. The molecule has 5 N–H and O–H groups in total. The van der Waals surface area contributed by atoms with Crippen LogP contribution in [-0.4, -0.2) is 77.2 Å². The summed E-state index contributed by atoms with van der Waals surface area (Å²) < 4.78 is 5.94. The minimum atomic E-state index is -1.10. The number of rotatable bonds is 14. The molecule has 12 nitrogen and oxygen atoms in total. The highest BCUT2D eigenvalue weighted by atomic mass is 16.5. The Labute approximate surface area is 272 Å². The van der Waals surface area contributed by atoms with Crippen LogP contribution >= 0.6 is 0 Å². The van der Waals surface area contributed by atoms with Gasteiger partial charge in [-0.15, -0.1) is 0 Å². The molecule has 0 spiro atoms. The minimum Gasteiger partial charge on any atom is -0.460 e. The fourth-order valence-electron chi connectivity index (χ4n) is 7.42. The van der Waals surface area contributed by atoms with Crippen molar-refractivity contribution in [2.75, 3.05) is 6.54 Å². The number of carbonyl (C=O) groups excluding carboxylic acids is 6. The van der Waals surface area contributed by atoms with Gasteiger partial charge in [0.2, 0.25) is 17.6 Å². The number of nitrogens with two attached hydrogens (primary N) is 1. The Kier molecular flexibility index (Phi) is 9.24. The first-order valence-electron chi connectivity index (χ1n) is 17.1. The van der Waals surface area contributed by atoms with Gasteiger partial charge in [-0.2, -0.15) is 0 Å². The molecule has 5 fully saturated rings. The Balaban J connectivity index is 1.29. The highest BCUT2D eigenvalue weighted by molar-refractivity contribution is 6.37.